The molecule has 2 aliphatic carbocycles. The van der Waals surface area contributed by atoms with Crippen LogP contribution in [0.3, 0.4) is 0 Å². The first-order valence-corrected chi connectivity index (χ1v) is 4.29. The minimum Gasteiger partial charge on any atom is -0.319 e. The smallest absolute Gasteiger partial charge is 0.000780 e. The molecule has 0 aliphatic heterocycles. The summed E-state index contributed by atoms with van der Waals surface area (Å²) in [5.41, 5.74) is 1.47. The first-order chi connectivity index (χ1) is 4.65. The Labute approximate surface area is 63.2 Å². The Morgan fingerprint density at radius 1 is 1.60 bits per heavy atom. The lowest BCUT2D eigenvalue weighted by molar-refractivity contribution is 0.452. The van der Waals surface area contributed by atoms with Crippen molar-refractivity contribution in [3.8, 4) is 0 Å². The molecule has 0 radical (unpaired) electrons. The van der Waals surface area contributed by atoms with E-state index in [4.69, 9.17) is 0 Å². The average molecular weight is 139 g/mol. The van der Waals surface area contributed by atoms with E-state index < -0.39 is 0 Å². The largest absolute Gasteiger partial charge is 0.319 e. The molecule has 0 heterocycles. The van der Waals surface area contributed by atoms with Crippen LogP contribution < -0.4 is 5.32 Å². The lowest BCUT2D eigenvalue weighted by Crippen LogP contribution is -2.19. The van der Waals surface area contributed by atoms with Gasteiger partial charge in [0.2, 0.25) is 0 Å². The van der Waals surface area contributed by atoms with Crippen LogP contribution in [0.25, 0.3) is 0 Å². The molecule has 3 atom stereocenters. The minimum atomic E-state index is 0.668. The maximum atomic E-state index is 3.29. The lowest BCUT2D eigenvalue weighted by atomic mass is 10.0. The Morgan fingerprint density at radius 3 is 2.50 bits per heavy atom. The molecule has 0 aromatic carbocycles. The van der Waals surface area contributed by atoms with Crippen LogP contribution in [-0.2, 0) is 0 Å². The summed E-state index contributed by atoms with van der Waals surface area (Å²) in [6.07, 6.45) is 2.97. The van der Waals surface area contributed by atoms with Gasteiger partial charge in [0, 0.05) is 6.54 Å². The highest BCUT2D eigenvalue weighted by Gasteiger charge is 2.74. The van der Waals surface area contributed by atoms with Gasteiger partial charge in [0.15, 0.2) is 0 Å². The van der Waals surface area contributed by atoms with Crippen molar-refractivity contribution in [2.75, 3.05) is 13.6 Å². The topological polar surface area (TPSA) is 12.0 Å². The Kier molecular flexibility index (Phi) is 1.05. The zero-order valence-corrected chi connectivity index (χ0v) is 7.20. The van der Waals surface area contributed by atoms with Crippen LogP contribution >= 0.6 is 0 Å². The fourth-order valence-electron chi connectivity index (χ4n) is 2.86. The number of rotatable bonds is 2. The van der Waals surface area contributed by atoms with E-state index in [1.807, 2.05) is 0 Å². The third-order valence-corrected chi connectivity index (χ3v) is 3.80. The van der Waals surface area contributed by atoms with E-state index in [-0.39, 0.29) is 0 Å². The second-order valence-corrected chi connectivity index (χ2v) is 4.53. The normalized spacial score (nSPS) is 57.3. The first-order valence-electron chi connectivity index (χ1n) is 4.29. The molecule has 2 fully saturated rings. The van der Waals surface area contributed by atoms with Crippen LogP contribution in [0.5, 0.6) is 0 Å². The van der Waals surface area contributed by atoms with Crippen LogP contribution in [0.4, 0.5) is 0 Å². The first kappa shape index (κ1) is 6.66. The van der Waals surface area contributed by atoms with Gasteiger partial charge in [-0.25, -0.2) is 0 Å². The third kappa shape index (κ3) is 0.572. The van der Waals surface area contributed by atoms with E-state index in [2.05, 4.69) is 26.2 Å². The molecule has 1 heteroatoms. The van der Waals surface area contributed by atoms with Gasteiger partial charge >= 0.3 is 0 Å². The van der Waals surface area contributed by atoms with Crippen LogP contribution in [-0.4, -0.2) is 13.6 Å². The van der Waals surface area contributed by atoms with Gasteiger partial charge in [-0.2, -0.15) is 0 Å². The van der Waals surface area contributed by atoms with Crippen molar-refractivity contribution in [3.63, 3.8) is 0 Å². The summed E-state index contributed by atoms with van der Waals surface area (Å²) in [4.78, 5) is 0. The van der Waals surface area contributed by atoms with E-state index in [1.165, 1.54) is 19.4 Å². The molecule has 0 amide bonds. The number of hydrogen-bond acceptors (Lipinski definition) is 1. The van der Waals surface area contributed by atoms with Gasteiger partial charge in [-0.05, 0) is 36.6 Å². The zero-order valence-electron chi connectivity index (χ0n) is 7.20. The fourth-order valence-corrected chi connectivity index (χ4v) is 2.86. The molecular weight excluding hydrogens is 122 g/mol. The van der Waals surface area contributed by atoms with Crippen molar-refractivity contribution >= 4 is 0 Å². The average Bonchev–Trinajstić information content (AvgIpc) is 2.56. The summed E-state index contributed by atoms with van der Waals surface area (Å²) in [6, 6.07) is 0. The molecule has 2 saturated carbocycles. The van der Waals surface area contributed by atoms with Gasteiger partial charge in [-0.15, -0.1) is 0 Å². The molecule has 1 spiro atoms. The molecule has 10 heavy (non-hydrogen) atoms. The van der Waals surface area contributed by atoms with Crippen molar-refractivity contribution < 1.29 is 0 Å². The van der Waals surface area contributed by atoms with Gasteiger partial charge in [-0.1, -0.05) is 13.8 Å². The molecule has 0 aromatic rings. The lowest BCUT2D eigenvalue weighted by Gasteiger charge is -2.08. The molecule has 0 bridgehead atoms. The van der Waals surface area contributed by atoms with Crippen molar-refractivity contribution in [1.82, 2.24) is 5.32 Å². The molecule has 1 nitrogen and oxygen atoms in total. The summed E-state index contributed by atoms with van der Waals surface area (Å²) >= 11 is 0. The zero-order chi connectivity index (χ0) is 7.41. The summed E-state index contributed by atoms with van der Waals surface area (Å²) in [6.45, 7) is 6.03. The van der Waals surface area contributed by atoms with Crippen LogP contribution in [0, 0.1) is 16.7 Å². The quantitative estimate of drug-likeness (QED) is 0.613. The molecule has 1 N–H and O–H groups in total. The second-order valence-electron chi connectivity index (χ2n) is 4.53. The van der Waals surface area contributed by atoms with Gasteiger partial charge in [0.25, 0.3) is 0 Å². The summed E-state index contributed by atoms with van der Waals surface area (Å²) in [5, 5.41) is 3.29. The highest BCUT2D eigenvalue weighted by atomic mass is 14.9. The number of nitrogens with one attached hydrogen (secondary N) is 1. The Bertz CT molecular complexity index is 162. The van der Waals surface area contributed by atoms with Crippen molar-refractivity contribution in [2.45, 2.75) is 26.7 Å². The molecular formula is C9H17N. The molecule has 58 valence electrons. The van der Waals surface area contributed by atoms with E-state index in [1.54, 1.807) is 0 Å². The van der Waals surface area contributed by atoms with Crippen molar-refractivity contribution in [1.29, 1.82) is 0 Å². The maximum absolute atomic E-state index is 3.29. The van der Waals surface area contributed by atoms with Crippen LogP contribution in [0.15, 0.2) is 0 Å². The monoisotopic (exact) mass is 139 g/mol. The van der Waals surface area contributed by atoms with Crippen molar-refractivity contribution in [3.05, 3.63) is 0 Å². The third-order valence-electron chi connectivity index (χ3n) is 3.80. The molecule has 2 aliphatic rings. The van der Waals surface area contributed by atoms with Crippen LogP contribution in [0.2, 0.25) is 0 Å². The summed E-state index contributed by atoms with van der Waals surface area (Å²) < 4.78 is 0. The van der Waals surface area contributed by atoms with Gasteiger partial charge < -0.3 is 5.32 Å². The van der Waals surface area contributed by atoms with E-state index in [9.17, 15) is 0 Å². The Hall–Kier alpha value is -0.0400. The van der Waals surface area contributed by atoms with Crippen LogP contribution in [0.1, 0.15) is 26.7 Å². The summed E-state index contributed by atoms with van der Waals surface area (Å²) in [7, 11) is 2.06. The predicted molar refractivity (Wildman–Crippen MR) is 42.9 cm³/mol. The molecule has 0 aromatic heterocycles. The van der Waals surface area contributed by atoms with E-state index in [0.29, 0.717) is 5.41 Å². The minimum absolute atomic E-state index is 0.668. The Morgan fingerprint density at radius 2 is 2.20 bits per heavy atom. The highest BCUT2D eigenvalue weighted by molar-refractivity contribution is 5.24. The highest BCUT2D eigenvalue weighted by Crippen LogP contribution is 2.81. The molecule has 2 rings (SSSR count). The Balaban J connectivity index is 1.98. The molecule has 3 unspecified atom stereocenters. The SMILES string of the molecule is CNCC1(C)CC12CC2C. The van der Waals surface area contributed by atoms with Crippen molar-refractivity contribution in [2.24, 2.45) is 16.7 Å². The van der Waals surface area contributed by atoms with E-state index in [0.717, 1.165) is 11.3 Å². The fraction of sp³-hybridized carbons (Fsp3) is 1.00. The maximum Gasteiger partial charge on any atom is 0.000780 e. The van der Waals surface area contributed by atoms with Gasteiger partial charge in [0.05, 0.1) is 0 Å². The molecule has 0 saturated heterocycles. The second kappa shape index (κ2) is 1.58. The van der Waals surface area contributed by atoms with E-state index >= 15 is 0 Å². The summed E-state index contributed by atoms with van der Waals surface area (Å²) in [5.74, 6) is 1.02. The van der Waals surface area contributed by atoms with Gasteiger partial charge in [-0.3, -0.25) is 0 Å². The standard InChI is InChI=1S/C9H17N/c1-7-4-9(7)5-8(9,2)6-10-3/h7,10H,4-6H2,1-3H3. The predicted octanol–water partition coefficient (Wildman–Crippen LogP) is 1.64. The number of hydrogen-bond donors (Lipinski definition) is 1. The van der Waals surface area contributed by atoms with Gasteiger partial charge in [0.1, 0.15) is 0 Å².